The number of methoxy groups -OCH3 is 1. The van der Waals surface area contributed by atoms with Crippen molar-refractivity contribution in [3.05, 3.63) is 0 Å². The Morgan fingerprint density at radius 3 is 2.77 bits per heavy atom. The number of rotatable bonds is 6. The van der Waals surface area contributed by atoms with Gasteiger partial charge in [-0.3, -0.25) is 0 Å². The van der Waals surface area contributed by atoms with Gasteiger partial charge in [0.25, 0.3) is 0 Å². The van der Waals surface area contributed by atoms with Gasteiger partial charge in [0.2, 0.25) is 0 Å². The molecule has 0 radical (unpaired) electrons. The molecule has 0 rings (SSSR count). The molecule has 0 saturated heterocycles. The molecule has 0 aliphatic carbocycles. The van der Waals surface area contributed by atoms with Gasteiger partial charge in [-0.15, -0.1) is 0 Å². The first-order valence-electron chi connectivity index (χ1n) is 3.99. The molecule has 0 saturated carbocycles. The van der Waals surface area contributed by atoms with Crippen LogP contribution in [0.25, 0.3) is 0 Å². The summed E-state index contributed by atoms with van der Waals surface area (Å²) >= 11 is 0. The van der Waals surface area contributed by atoms with Crippen LogP contribution in [0, 0.1) is 10.8 Å². The first-order chi connectivity index (χ1) is 6.04. The van der Waals surface area contributed by atoms with E-state index in [2.05, 4.69) is 5.32 Å². The van der Waals surface area contributed by atoms with Gasteiger partial charge in [0.1, 0.15) is 0 Å². The Hall–Kier alpha value is -1.10. The lowest BCUT2D eigenvalue weighted by Gasteiger charge is -2.26. The predicted molar refractivity (Wildman–Crippen MR) is 49.4 cm³/mol. The Morgan fingerprint density at radius 1 is 1.77 bits per heavy atom. The van der Waals surface area contributed by atoms with Crippen molar-refractivity contribution in [2.24, 2.45) is 5.41 Å². The highest BCUT2D eigenvalue weighted by Crippen LogP contribution is 2.18. The zero-order chi connectivity index (χ0) is 10.3. The van der Waals surface area contributed by atoms with Crippen molar-refractivity contribution in [1.29, 1.82) is 5.41 Å². The van der Waals surface area contributed by atoms with E-state index in [1.54, 1.807) is 7.11 Å². The molecule has 76 valence electrons. The van der Waals surface area contributed by atoms with Crippen molar-refractivity contribution in [2.45, 2.75) is 13.3 Å². The van der Waals surface area contributed by atoms with E-state index in [1.165, 1.54) is 6.21 Å². The molecular weight excluding hydrogens is 172 g/mol. The normalized spacial score (nSPS) is 14.6. The Balaban J connectivity index is 4.05. The molecule has 0 aromatic rings. The van der Waals surface area contributed by atoms with Crippen LogP contribution >= 0.6 is 0 Å². The Morgan fingerprint density at radius 2 is 2.38 bits per heavy atom. The molecule has 0 bridgehead atoms. The summed E-state index contributed by atoms with van der Waals surface area (Å²) in [7, 11) is 1.56. The standard InChI is InChI=1S/C8H16N2O3/c1-8(3-4-9,6-13-2)5-10-7(11)12/h4,9-10H,3,5-6H2,1-2H3,(H,11,12). The summed E-state index contributed by atoms with van der Waals surface area (Å²) < 4.78 is 4.96. The third-order valence-electron chi connectivity index (χ3n) is 1.75. The second-order valence-electron chi connectivity index (χ2n) is 3.31. The molecule has 0 aromatic heterocycles. The Kier molecular flexibility index (Phi) is 5.06. The first kappa shape index (κ1) is 11.9. The van der Waals surface area contributed by atoms with Crippen LogP contribution in [0.4, 0.5) is 4.79 Å². The number of hydrogen-bond acceptors (Lipinski definition) is 3. The van der Waals surface area contributed by atoms with Gasteiger partial charge in [0, 0.05) is 19.1 Å². The van der Waals surface area contributed by atoms with Crippen molar-refractivity contribution in [2.75, 3.05) is 20.3 Å². The second kappa shape index (κ2) is 5.53. The highest BCUT2D eigenvalue weighted by Gasteiger charge is 2.23. The number of hydrogen-bond donors (Lipinski definition) is 3. The van der Waals surface area contributed by atoms with Crippen LogP contribution in [0.3, 0.4) is 0 Å². The van der Waals surface area contributed by atoms with Crippen molar-refractivity contribution >= 4 is 12.3 Å². The summed E-state index contributed by atoms with van der Waals surface area (Å²) in [5.74, 6) is 0. The average molecular weight is 188 g/mol. The van der Waals surface area contributed by atoms with Gasteiger partial charge >= 0.3 is 6.09 Å². The van der Waals surface area contributed by atoms with Crippen LogP contribution < -0.4 is 5.32 Å². The van der Waals surface area contributed by atoms with Gasteiger partial charge < -0.3 is 20.6 Å². The summed E-state index contributed by atoms with van der Waals surface area (Å²) in [5.41, 5.74) is -0.325. The van der Waals surface area contributed by atoms with Crippen LogP contribution in [0.5, 0.6) is 0 Å². The lowest BCUT2D eigenvalue weighted by molar-refractivity contribution is 0.0951. The third kappa shape index (κ3) is 5.19. The maximum Gasteiger partial charge on any atom is 0.404 e. The van der Waals surface area contributed by atoms with Crippen LogP contribution in [-0.4, -0.2) is 37.7 Å². The maximum atomic E-state index is 10.2. The summed E-state index contributed by atoms with van der Waals surface area (Å²) in [6.07, 6.45) is 0.719. The van der Waals surface area contributed by atoms with Gasteiger partial charge in [0.15, 0.2) is 0 Å². The van der Waals surface area contributed by atoms with Gasteiger partial charge in [-0.05, 0) is 12.6 Å². The smallest absolute Gasteiger partial charge is 0.404 e. The highest BCUT2D eigenvalue weighted by atomic mass is 16.5. The molecule has 13 heavy (non-hydrogen) atoms. The molecule has 0 aliphatic rings. The van der Waals surface area contributed by atoms with E-state index in [4.69, 9.17) is 15.3 Å². The fourth-order valence-corrected chi connectivity index (χ4v) is 1.07. The van der Waals surface area contributed by atoms with Crippen molar-refractivity contribution in [3.8, 4) is 0 Å². The maximum absolute atomic E-state index is 10.2. The quantitative estimate of drug-likeness (QED) is 0.542. The summed E-state index contributed by atoms with van der Waals surface area (Å²) in [6, 6.07) is 0. The molecule has 3 N–H and O–H groups in total. The van der Waals surface area contributed by atoms with Gasteiger partial charge in [0.05, 0.1) is 6.61 Å². The molecule has 0 fully saturated rings. The lowest BCUT2D eigenvalue weighted by atomic mass is 9.88. The minimum Gasteiger partial charge on any atom is -0.465 e. The molecule has 1 atom stereocenters. The molecule has 0 aliphatic heterocycles. The number of carboxylic acid groups (broad SMARTS) is 1. The number of amides is 1. The second-order valence-corrected chi connectivity index (χ2v) is 3.31. The lowest BCUT2D eigenvalue weighted by Crippen LogP contribution is -2.38. The SMILES string of the molecule is COCC(C)(CC=N)CNC(=O)O. The van der Waals surface area contributed by atoms with Crippen LogP contribution in [0.1, 0.15) is 13.3 Å². The van der Waals surface area contributed by atoms with Gasteiger partial charge in [-0.25, -0.2) is 4.79 Å². The summed E-state index contributed by atoms with van der Waals surface area (Å²) in [6.45, 7) is 2.60. The summed E-state index contributed by atoms with van der Waals surface area (Å²) in [4.78, 5) is 10.2. The van der Waals surface area contributed by atoms with E-state index >= 15 is 0 Å². The molecule has 0 heterocycles. The number of carbonyl (C=O) groups is 1. The molecule has 0 spiro atoms. The van der Waals surface area contributed by atoms with E-state index in [9.17, 15) is 4.79 Å². The Bertz CT molecular complexity index is 184. The molecule has 1 unspecified atom stereocenters. The number of ether oxygens (including phenoxy) is 1. The van der Waals surface area contributed by atoms with Crippen molar-refractivity contribution in [3.63, 3.8) is 0 Å². The molecular formula is C8H16N2O3. The van der Waals surface area contributed by atoms with Crippen molar-refractivity contribution < 1.29 is 14.6 Å². The largest absolute Gasteiger partial charge is 0.465 e. The summed E-state index contributed by atoms with van der Waals surface area (Å²) in [5, 5.41) is 17.7. The molecule has 0 aromatic carbocycles. The van der Waals surface area contributed by atoms with Gasteiger partial charge in [-0.2, -0.15) is 0 Å². The van der Waals surface area contributed by atoms with Crippen molar-refractivity contribution in [1.82, 2.24) is 5.32 Å². The van der Waals surface area contributed by atoms with E-state index in [0.717, 1.165) is 0 Å². The molecule has 5 heteroatoms. The highest BCUT2D eigenvalue weighted by molar-refractivity contribution is 5.64. The van der Waals surface area contributed by atoms with E-state index in [0.29, 0.717) is 19.6 Å². The number of nitrogens with one attached hydrogen (secondary N) is 2. The van der Waals surface area contributed by atoms with Gasteiger partial charge in [-0.1, -0.05) is 6.92 Å². The van der Waals surface area contributed by atoms with E-state index < -0.39 is 6.09 Å². The topological polar surface area (TPSA) is 82.4 Å². The van der Waals surface area contributed by atoms with Crippen LogP contribution in [0.2, 0.25) is 0 Å². The Labute approximate surface area is 77.6 Å². The average Bonchev–Trinajstić information content (AvgIpc) is 2.02. The van der Waals surface area contributed by atoms with Crippen LogP contribution in [-0.2, 0) is 4.74 Å². The fraction of sp³-hybridized carbons (Fsp3) is 0.750. The van der Waals surface area contributed by atoms with E-state index in [1.807, 2.05) is 6.92 Å². The van der Waals surface area contributed by atoms with E-state index in [-0.39, 0.29) is 5.41 Å². The van der Waals surface area contributed by atoms with Crippen LogP contribution in [0.15, 0.2) is 0 Å². The predicted octanol–water partition coefficient (Wildman–Crippen LogP) is 0.946. The minimum absolute atomic E-state index is 0.297. The zero-order valence-electron chi connectivity index (χ0n) is 7.96. The minimum atomic E-state index is -1.05. The fourth-order valence-electron chi connectivity index (χ4n) is 1.07. The zero-order valence-corrected chi connectivity index (χ0v) is 7.96. The first-order valence-corrected chi connectivity index (χ1v) is 3.99. The monoisotopic (exact) mass is 188 g/mol. The molecule has 1 amide bonds. The molecule has 5 nitrogen and oxygen atoms in total. The third-order valence-corrected chi connectivity index (χ3v) is 1.75.